The first-order valence-electron chi connectivity index (χ1n) is 9.40. The maximum Gasteiger partial charge on any atom is 0.253 e. The fraction of sp³-hybridized carbons (Fsp3) is 0.450. The van der Waals surface area contributed by atoms with Gasteiger partial charge in [0.15, 0.2) is 0 Å². The molecule has 0 bridgehead atoms. The molecule has 4 atom stereocenters. The Bertz CT molecular complexity index is 845. The van der Waals surface area contributed by atoms with E-state index in [1.807, 2.05) is 19.9 Å². The maximum atomic E-state index is 12.7. The zero-order valence-corrected chi connectivity index (χ0v) is 17.1. The summed E-state index contributed by atoms with van der Waals surface area (Å²) in [5, 5.41) is 50.9. The SMILES string of the molecule is Cc1cc(C)nc(Nc2cccc(C(=O)N(C)CC(O)C(O)C(O)C(O)CO)c2)n1. The monoisotopic (exact) mass is 420 g/mol. The zero-order valence-electron chi connectivity index (χ0n) is 17.1. The molecular formula is C20H28N4O6. The highest BCUT2D eigenvalue weighted by Crippen LogP contribution is 2.17. The minimum Gasteiger partial charge on any atom is -0.394 e. The van der Waals surface area contributed by atoms with Crippen molar-refractivity contribution in [2.75, 3.05) is 25.5 Å². The van der Waals surface area contributed by atoms with Crippen LogP contribution in [-0.4, -0.2) is 90.9 Å². The number of anilines is 2. The Balaban J connectivity index is 2.06. The van der Waals surface area contributed by atoms with Gasteiger partial charge in [-0.05, 0) is 38.1 Å². The van der Waals surface area contributed by atoms with Crippen molar-refractivity contribution in [1.82, 2.24) is 14.9 Å². The lowest BCUT2D eigenvalue weighted by Crippen LogP contribution is -2.49. The minimum atomic E-state index is -1.75. The van der Waals surface area contributed by atoms with Crippen LogP contribution in [0.25, 0.3) is 0 Å². The van der Waals surface area contributed by atoms with Crippen LogP contribution in [0.5, 0.6) is 0 Å². The van der Waals surface area contributed by atoms with Crippen LogP contribution in [-0.2, 0) is 0 Å². The second kappa shape index (κ2) is 10.4. The van der Waals surface area contributed by atoms with E-state index >= 15 is 0 Å². The molecule has 30 heavy (non-hydrogen) atoms. The third kappa shape index (κ3) is 6.18. The summed E-state index contributed by atoms with van der Waals surface area (Å²) in [4.78, 5) is 22.5. The smallest absolute Gasteiger partial charge is 0.253 e. The van der Waals surface area contributed by atoms with Gasteiger partial charge in [-0.2, -0.15) is 0 Å². The Morgan fingerprint density at radius 1 is 1.03 bits per heavy atom. The Morgan fingerprint density at radius 2 is 1.63 bits per heavy atom. The molecule has 4 unspecified atom stereocenters. The Morgan fingerprint density at radius 3 is 2.23 bits per heavy atom. The highest BCUT2D eigenvalue weighted by atomic mass is 16.4. The van der Waals surface area contributed by atoms with Gasteiger partial charge in [0.1, 0.15) is 24.4 Å². The summed E-state index contributed by atoms with van der Waals surface area (Å²) < 4.78 is 0. The molecule has 1 aromatic heterocycles. The number of carbonyl (C=O) groups is 1. The van der Waals surface area contributed by atoms with Gasteiger partial charge in [0.25, 0.3) is 5.91 Å². The molecule has 2 aromatic rings. The van der Waals surface area contributed by atoms with E-state index in [0.29, 0.717) is 17.2 Å². The molecule has 1 amide bonds. The molecular weight excluding hydrogens is 392 g/mol. The molecule has 0 radical (unpaired) electrons. The van der Waals surface area contributed by atoms with Crippen LogP contribution in [0, 0.1) is 13.8 Å². The number of likely N-dealkylation sites (N-methyl/N-ethyl adjacent to an activating group) is 1. The first kappa shape index (κ1) is 23.6. The number of hydrogen-bond acceptors (Lipinski definition) is 9. The van der Waals surface area contributed by atoms with E-state index in [1.54, 1.807) is 24.3 Å². The van der Waals surface area contributed by atoms with Crippen LogP contribution in [0.1, 0.15) is 21.7 Å². The lowest BCUT2D eigenvalue weighted by molar-refractivity contribution is -0.117. The topological polar surface area (TPSA) is 159 Å². The average molecular weight is 420 g/mol. The number of benzene rings is 1. The van der Waals surface area contributed by atoms with Crippen LogP contribution < -0.4 is 5.32 Å². The quantitative estimate of drug-likeness (QED) is 0.310. The number of aryl methyl sites for hydroxylation is 2. The van der Waals surface area contributed by atoms with Gasteiger partial charge in [0, 0.05) is 36.2 Å². The molecule has 0 fully saturated rings. The summed E-state index contributed by atoms with van der Waals surface area (Å²) in [6, 6.07) is 8.48. The number of aliphatic hydroxyl groups is 5. The Hall–Kier alpha value is -2.63. The standard InChI is InChI=1S/C20H28N4O6/c1-11-7-12(2)22-20(21-11)23-14-6-4-5-13(8-14)19(30)24(3)9-15(26)17(28)18(29)16(27)10-25/h4-8,15-18,25-29H,9-10H2,1-3H3,(H,21,22,23). The van der Waals surface area contributed by atoms with Gasteiger partial charge in [-0.25, -0.2) is 9.97 Å². The van der Waals surface area contributed by atoms with Crippen molar-refractivity contribution in [3.63, 3.8) is 0 Å². The number of carbonyl (C=O) groups excluding carboxylic acids is 1. The van der Waals surface area contributed by atoms with Gasteiger partial charge >= 0.3 is 0 Å². The Kier molecular flexibility index (Phi) is 8.21. The second-order valence-electron chi connectivity index (χ2n) is 7.16. The summed E-state index contributed by atoms with van der Waals surface area (Å²) in [6.45, 7) is 2.63. The van der Waals surface area contributed by atoms with E-state index < -0.39 is 36.9 Å². The summed E-state index contributed by atoms with van der Waals surface area (Å²) >= 11 is 0. The fourth-order valence-corrected chi connectivity index (χ4v) is 2.90. The van der Waals surface area contributed by atoms with Crippen molar-refractivity contribution in [3.05, 3.63) is 47.3 Å². The van der Waals surface area contributed by atoms with Crippen LogP contribution in [0.15, 0.2) is 30.3 Å². The van der Waals surface area contributed by atoms with Gasteiger partial charge in [0.2, 0.25) is 5.95 Å². The molecule has 164 valence electrons. The van der Waals surface area contributed by atoms with E-state index in [2.05, 4.69) is 15.3 Å². The first-order valence-corrected chi connectivity index (χ1v) is 9.40. The summed E-state index contributed by atoms with van der Waals surface area (Å²) in [5.74, 6) is -0.0242. The van der Waals surface area contributed by atoms with Crippen molar-refractivity contribution in [2.24, 2.45) is 0 Å². The van der Waals surface area contributed by atoms with Crippen LogP contribution in [0.4, 0.5) is 11.6 Å². The maximum absolute atomic E-state index is 12.7. The molecule has 0 aliphatic heterocycles. The zero-order chi connectivity index (χ0) is 22.4. The third-order valence-corrected chi connectivity index (χ3v) is 4.48. The molecule has 2 rings (SSSR count). The van der Waals surface area contributed by atoms with E-state index in [9.17, 15) is 25.2 Å². The normalized spacial score (nSPS) is 15.2. The summed E-state index contributed by atoms with van der Waals surface area (Å²) in [7, 11) is 1.43. The minimum absolute atomic E-state index is 0.299. The van der Waals surface area contributed by atoms with Crippen molar-refractivity contribution >= 4 is 17.5 Å². The summed E-state index contributed by atoms with van der Waals surface area (Å²) in [5.41, 5.74) is 2.53. The van der Waals surface area contributed by atoms with Crippen molar-refractivity contribution < 1.29 is 30.3 Å². The molecule has 0 spiro atoms. The first-order chi connectivity index (χ1) is 14.1. The van der Waals surface area contributed by atoms with Crippen LogP contribution >= 0.6 is 0 Å². The molecule has 10 heteroatoms. The molecule has 6 N–H and O–H groups in total. The number of aromatic nitrogens is 2. The number of nitrogens with zero attached hydrogens (tertiary/aromatic N) is 3. The van der Waals surface area contributed by atoms with Gasteiger partial charge in [-0.1, -0.05) is 6.07 Å². The second-order valence-corrected chi connectivity index (χ2v) is 7.16. The predicted octanol–water partition coefficient (Wildman–Crippen LogP) is -0.655. The number of amides is 1. The molecule has 10 nitrogen and oxygen atoms in total. The van der Waals surface area contributed by atoms with E-state index in [0.717, 1.165) is 11.4 Å². The van der Waals surface area contributed by atoms with Gasteiger partial charge in [-0.3, -0.25) is 4.79 Å². The van der Waals surface area contributed by atoms with Crippen molar-refractivity contribution in [2.45, 2.75) is 38.3 Å². The predicted molar refractivity (Wildman–Crippen MR) is 109 cm³/mol. The lowest BCUT2D eigenvalue weighted by atomic mass is 10.0. The van der Waals surface area contributed by atoms with Crippen molar-refractivity contribution in [1.29, 1.82) is 0 Å². The number of hydrogen-bond donors (Lipinski definition) is 6. The number of aliphatic hydroxyl groups excluding tert-OH is 5. The van der Waals surface area contributed by atoms with E-state index in [4.69, 9.17) is 5.11 Å². The number of nitrogens with one attached hydrogen (secondary N) is 1. The summed E-state index contributed by atoms with van der Waals surface area (Å²) in [6.07, 6.45) is -6.62. The highest BCUT2D eigenvalue weighted by Gasteiger charge is 2.31. The lowest BCUT2D eigenvalue weighted by Gasteiger charge is -2.28. The van der Waals surface area contributed by atoms with E-state index in [-0.39, 0.29) is 6.54 Å². The molecule has 1 heterocycles. The largest absolute Gasteiger partial charge is 0.394 e. The third-order valence-electron chi connectivity index (χ3n) is 4.48. The average Bonchev–Trinajstić information content (AvgIpc) is 2.70. The molecule has 0 saturated carbocycles. The van der Waals surface area contributed by atoms with Gasteiger partial charge in [-0.15, -0.1) is 0 Å². The highest BCUT2D eigenvalue weighted by molar-refractivity contribution is 5.95. The Labute approximate surface area is 174 Å². The molecule has 0 aliphatic carbocycles. The van der Waals surface area contributed by atoms with Gasteiger partial charge in [0.05, 0.1) is 6.61 Å². The van der Waals surface area contributed by atoms with E-state index in [1.165, 1.54) is 11.9 Å². The molecule has 0 aliphatic rings. The van der Waals surface area contributed by atoms with Crippen molar-refractivity contribution in [3.8, 4) is 0 Å². The molecule has 1 aromatic carbocycles. The fourth-order valence-electron chi connectivity index (χ4n) is 2.90. The number of rotatable bonds is 9. The van der Waals surface area contributed by atoms with Gasteiger partial charge < -0.3 is 35.7 Å². The molecule has 0 saturated heterocycles. The van der Waals surface area contributed by atoms with Crippen LogP contribution in [0.2, 0.25) is 0 Å². The van der Waals surface area contributed by atoms with Crippen LogP contribution in [0.3, 0.4) is 0 Å².